The van der Waals surface area contributed by atoms with Gasteiger partial charge in [0.1, 0.15) is 0 Å². The van der Waals surface area contributed by atoms with Crippen molar-refractivity contribution in [3.8, 4) is 0 Å². The van der Waals surface area contributed by atoms with E-state index in [9.17, 15) is 0 Å². The summed E-state index contributed by atoms with van der Waals surface area (Å²) in [4.78, 5) is 0. The second kappa shape index (κ2) is 7.26. The van der Waals surface area contributed by atoms with Crippen molar-refractivity contribution >= 4 is 27.7 Å². The van der Waals surface area contributed by atoms with E-state index in [2.05, 4.69) is 77.9 Å². The predicted octanol–water partition coefficient (Wildman–Crippen LogP) is 5.96. The summed E-state index contributed by atoms with van der Waals surface area (Å²) in [6.45, 7) is 13.1. The SMILES string of the molecule is Cc1cc[c]([Ru-2]([Cl])([Cl])[c]2ccc(C)cc2C(C)C)c(C(C)C)c1. The van der Waals surface area contributed by atoms with E-state index in [-0.39, 0.29) is 0 Å². The number of hydrogen-bond donors (Lipinski definition) is 0. The summed E-state index contributed by atoms with van der Waals surface area (Å²) < 4.78 is 2.33. The van der Waals surface area contributed by atoms with Crippen LogP contribution in [0.2, 0.25) is 0 Å². The van der Waals surface area contributed by atoms with E-state index in [1.807, 2.05) is 0 Å². The molecule has 0 nitrogen and oxygen atoms in total. The third-order valence-electron chi connectivity index (χ3n) is 4.00. The molecular formula is C20H26Cl2Ru-2. The molecule has 0 aliphatic heterocycles. The molecule has 0 aliphatic carbocycles. The van der Waals surface area contributed by atoms with E-state index < -0.39 is 12.8 Å². The topological polar surface area (TPSA) is 0 Å². The zero-order chi connectivity index (χ0) is 17.4. The van der Waals surface area contributed by atoms with Crippen LogP contribution in [0.15, 0.2) is 36.4 Å². The molecule has 3 heteroatoms. The molecule has 0 heterocycles. The van der Waals surface area contributed by atoms with Crippen molar-refractivity contribution in [1.82, 2.24) is 0 Å². The van der Waals surface area contributed by atoms with Gasteiger partial charge < -0.3 is 0 Å². The van der Waals surface area contributed by atoms with Crippen molar-refractivity contribution in [3.05, 3.63) is 58.7 Å². The van der Waals surface area contributed by atoms with Crippen molar-refractivity contribution in [2.24, 2.45) is 0 Å². The minimum absolute atomic E-state index is 0.413. The number of aryl methyl sites for hydroxylation is 2. The molecule has 0 amide bonds. The molecule has 0 saturated heterocycles. The minimum atomic E-state index is -3.16. The van der Waals surface area contributed by atoms with Gasteiger partial charge in [-0.05, 0) is 0 Å². The van der Waals surface area contributed by atoms with Gasteiger partial charge in [0.2, 0.25) is 0 Å². The van der Waals surface area contributed by atoms with Gasteiger partial charge in [-0.15, -0.1) is 0 Å². The van der Waals surface area contributed by atoms with Gasteiger partial charge in [0, 0.05) is 0 Å². The first-order valence-corrected chi connectivity index (χ1v) is 14.2. The van der Waals surface area contributed by atoms with Gasteiger partial charge in [0.15, 0.2) is 0 Å². The molecule has 0 aliphatic rings. The summed E-state index contributed by atoms with van der Waals surface area (Å²) in [5, 5.41) is 0. The summed E-state index contributed by atoms with van der Waals surface area (Å²) in [6.07, 6.45) is 0. The Morgan fingerprint density at radius 3 is 1.35 bits per heavy atom. The number of halogens is 2. The van der Waals surface area contributed by atoms with Crippen LogP contribution in [0, 0.1) is 13.8 Å². The van der Waals surface area contributed by atoms with E-state index in [1.165, 1.54) is 22.3 Å². The number of benzene rings is 2. The molecule has 0 atom stereocenters. The first kappa shape index (κ1) is 19.0. The molecule has 0 saturated carbocycles. The third kappa shape index (κ3) is 4.01. The number of rotatable bonds is 4. The second-order valence-electron chi connectivity index (χ2n) is 6.74. The van der Waals surface area contributed by atoms with Crippen LogP contribution in [0.1, 0.15) is 61.8 Å². The maximum absolute atomic E-state index is 7.13. The standard InChI is InChI=1S/2C10H13.2ClH.Ru/c2*1-8(2)10-6-4-5-9(3)7-10;;;/h2*4-5,7-8H,1-3H3;2*1H;/p-2. The van der Waals surface area contributed by atoms with Crippen LogP contribution in [0.3, 0.4) is 0 Å². The van der Waals surface area contributed by atoms with Crippen LogP contribution < -0.4 is 8.32 Å². The van der Waals surface area contributed by atoms with Crippen LogP contribution >= 0.6 is 19.4 Å². The molecule has 2 aromatic rings. The van der Waals surface area contributed by atoms with Crippen LogP contribution in [0.25, 0.3) is 0 Å². The normalized spacial score (nSPS) is 13.0. The molecule has 2 aromatic carbocycles. The fourth-order valence-electron chi connectivity index (χ4n) is 2.70. The monoisotopic (exact) mass is 438 g/mol. The molecule has 130 valence electrons. The quantitative estimate of drug-likeness (QED) is 0.517. The molecule has 0 bridgehead atoms. The molecule has 0 radical (unpaired) electrons. The Hall–Kier alpha value is -0.357. The molecule has 23 heavy (non-hydrogen) atoms. The van der Waals surface area contributed by atoms with E-state index in [0.717, 1.165) is 8.32 Å². The van der Waals surface area contributed by atoms with Gasteiger partial charge in [0.05, 0.1) is 0 Å². The van der Waals surface area contributed by atoms with Crippen molar-refractivity contribution < 1.29 is 12.8 Å². The summed E-state index contributed by atoms with van der Waals surface area (Å²) >= 11 is -3.16. The van der Waals surface area contributed by atoms with Gasteiger partial charge >= 0.3 is 153 Å². The maximum atomic E-state index is 7.13. The summed E-state index contributed by atoms with van der Waals surface area (Å²) in [5.74, 6) is 0.825. The zero-order valence-corrected chi connectivity index (χ0v) is 18.0. The summed E-state index contributed by atoms with van der Waals surface area (Å²) in [7, 11) is 14.3. The van der Waals surface area contributed by atoms with E-state index >= 15 is 0 Å². The van der Waals surface area contributed by atoms with Crippen molar-refractivity contribution in [2.45, 2.75) is 53.4 Å². The van der Waals surface area contributed by atoms with Gasteiger partial charge in [-0.25, -0.2) is 0 Å². The Kier molecular flexibility index (Phi) is 5.99. The Bertz CT molecular complexity index is 643. The molecule has 0 fully saturated rings. The fraction of sp³-hybridized carbons (Fsp3) is 0.400. The molecule has 0 N–H and O–H groups in total. The first-order chi connectivity index (χ1) is 10.6. The predicted molar refractivity (Wildman–Crippen MR) is 102 cm³/mol. The van der Waals surface area contributed by atoms with Gasteiger partial charge in [-0.3, -0.25) is 0 Å². The Labute approximate surface area is 152 Å². The Morgan fingerprint density at radius 2 is 1.04 bits per heavy atom. The average Bonchev–Trinajstić information content (AvgIpc) is 2.46. The molecule has 0 aromatic heterocycles. The zero-order valence-electron chi connectivity index (χ0n) is 14.7. The first-order valence-electron chi connectivity index (χ1n) is 7.98. The second-order valence-corrected chi connectivity index (χ2v) is 16.2. The average molecular weight is 438 g/mol. The molecule has 0 unspecified atom stereocenters. The Balaban J connectivity index is 2.68. The van der Waals surface area contributed by atoms with E-state index in [4.69, 9.17) is 19.4 Å². The Morgan fingerprint density at radius 1 is 0.696 bits per heavy atom. The molecule has 2 rings (SSSR count). The fourth-order valence-corrected chi connectivity index (χ4v) is 9.61. The van der Waals surface area contributed by atoms with Crippen LogP contribution in [0.5, 0.6) is 0 Å². The van der Waals surface area contributed by atoms with Crippen LogP contribution in [-0.4, -0.2) is 0 Å². The van der Waals surface area contributed by atoms with Gasteiger partial charge in [-0.2, -0.15) is 0 Å². The van der Waals surface area contributed by atoms with Crippen molar-refractivity contribution in [2.75, 3.05) is 0 Å². The van der Waals surface area contributed by atoms with Gasteiger partial charge in [-0.1, -0.05) is 0 Å². The third-order valence-corrected chi connectivity index (χ3v) is 11.3. The van der Waals surface area contributed by atoms with E-state index in [1.54, 1.807) is 0 Å². The van der Waals surface area contributed by atoms with Crippen LogP contribution in [-0.2, 0) is 12.8 Å². The summed E-state index contributed by atoms with van der Waals surface area (Å²) in [5.41, 5.74) is 5.09. The molecule has 0 spiro atoms. The summed E-state index contributed by atoms with van der Waals surface area (Å²) in [6, 6.07) is 13.0. The number of hydrogen-bond acceptors (Lipinski definition) is 0. The van der Waals surface area contributed by atoms with Crippen molar-refractivity contribution in [1.29, 1.82) is 0 Å². The van der Waals surface area contributed by atoms with Gasteiger partial charge in [0.25, 0.3) is 0 Å². The van der Waals surface area contributed by atoms with Crippen molar-refractivity contribution in [3.63, 3.8) is 0 Å². The van der Waals surface area contributed by atoms with E-state index in [0.29, 0.717) is 11.8 Å². The van der Waals surface area contributed by atoms with Crippen LogP contribution in [0.4, 0.5) is 0 Å². The molecular weight excluding hydrogens is 412 g/mol.